The smallest absolute Gasteiger partial charge is 0.0669 e. The third-order valence-corrected chi connectivity index (χ3v) is 3.69. The molecule has 0 saturated carbocycles. The summed E-state index contributed by atoms with van der Waals surface area (Å²) in [4.78, 5) is 0. The zero-order chi connectivity index (χ0) is 14.7. The van der Waals surface area contributed by atoms with Gasteiger partial charge in [0.15, 0.2) is 0 Å². The highest BCUT2D eigenvalue weighted by Gasteiger charge is 2.18. The summed E-state index contributed by atoms with van der Waals surface area (Å²) in [6.45, 7) is 7.24. The molecular weight excluding hydrogens is 250 g/mol. The highest BCUT2D eigenvalue weighted by atomic mass is 15.3. The van der Waals surface area contributed by atoms with E-state index in [0.717, 1.165) is 25.1 Å². The van der Waals surface area contributed by atoms with Gasteiger partial charge in [0.05, 0.1) is 11.4 Å². The number of nitrogens with one attached hydrogen (secondary N) is 1. The van der Waals surface area contributed by atoms with Crippen molar-refractivity contribution in [3.05, 3.63) is 34.9 Å². The van der Waals surface area contributed by atoms with Crippen molar-refractivity contribution in [2.45, 2.75) is 46.2 Å². The molecule has 2 aromatic heterocycles. The van der Waals surface area contributed by atoms with E-state index in [9.17, 15) is 0 Å². The van der Waals surface area contributed by atoms with E-state index < -0.39 is 0 Å². The molecule has 110 valence electrons. The number of hydrogen-bond donors (Lipinski definition) is 1. The Morgan fingerprint density at radius 1 is 1.30 bits per heavy atom. The molecule has 0 aliphatic carbocycles. The summed E-state index contributed by atoms with van der Waals surface area (Å²) in [5, 5.41) is 12.5. The van der Waals surface area contributed by atoms with Gasteiger partial charge < -0.3 is 5.32 Å². The minimum atomic E-state index is 0.278. The second-order valence-corrected chi connectivity index (χ2v) is 5.20. The summed E-state index contributed by atoms with van der Waals surface area (Å²) in [7, 11) is 3.99. The molecule has 0 aliphatic heterocycles. The first-order chi connectivity index (χ1) is 9.58. The van der Waals surface area contributed by atoms with Gasteiger partial charge in [-0.05, 0) is 33.4 Å². The Labute approximate surface area is 121 Å². The minimum absolute atomic E-state index is 0.278. The molecule has 0 saturated heterocycles. The van der Waals surface area contributed by atoms with E-state index in [1.807, 2.05) is 25.7 Å². The molecule has 2 rings (SSSR count). The van der Waals surface area contributed by atoms with Crippen LogP contribution in [0, 0.1) is 6.92 Å². The molecule has 1 N–H and O–H groups in total. The van der Waals surface area contributed by atoms with Crippen molar-refractivity contribution in [1.82, 2.24) is 24.9 Å². The van der Waals surface area contributed by atoms with Gasteiger partial charge in [-0.3, -0.25) is 9.36 Å². The van der Waals surface area contributed by atoms with Crippen LogP contribution in [-0.4, -0.2) is 26.6 Å². The van der Waals surface area contributed by atoms with E-state index in [0.29, 0.717) is 0 Å². The monoisotopic (exact) mass is 275 g/mol. The summed E-state index contributed by atoms with van der Waals surface area (Å²) in [5.74, 6) is 0. The van der Waals surface area contributed by atoms with Crippen LogP contribution in [0.15, 0.2) is 12.3 Å². The Kier molecular flexibility index (Phi) is 4.60. The largest absolute Gasteiger partial charge is 0.313 e. The van der Waals surface area contributed by atoms with E-state index in [1.54, 1.807) is 0 Å². The van der Waals surface area contributed by atoms with Gasteiger partial charge in [-0.1, -0.05) is 6.92 Å². The fraction of sp³-hybridized carbons (Fsp3) is 0.600. The van der Waals surface area contributed by atoms with Crippen LogP contribution in [0.5, 0.6) is 0 Å². The Morgan fingerprint density at radius 2 is 2.05 bits per heavy atom. The van der Waals surface area contributed by atoms with E-state index in [-0.39, 0.29) is 6.04 Å². The minimum Gasteiger partial charge on any atom is -0.313 e. The molecule has 20 heavy (non-hydrogen) atoms. The molecule has 1 unspecified atom stereocenters. The maximum atomic E-state index is 4.54. The number of hydrogen-bond acceptors (Lipinski definition) is 3. The van der Waals surface area contributed by atoms with E-state index in [1.165, 1.54) is 17.0 Å². The van der Waals surface area contributed by atoms with Crippen LogP contribution in [0.4, 0.5) is 0 Å². The Bertz CT molecular complexity index is 567. The van der Waals surface area contributed by atoms with Crippen LogP contribution in [0.3, 0.4) is 0 Å². The highest BCUT2D eigenvalue weighted by Crippen LogP contribution is 2.22. The Balaban J connectivity index is 2.28. The van der Waals surface area contributed by atoms with Gasteiger partial charge in [-0.15, -0.1) is 0 Å². The van der Waals surface area contributed by atoms with Crippen molar-refractivity contribution in [2.24, 2.45) is 7.05 Å². The molecule has 0 radical (unpaired) electrons. The van der Waals surface area contributed by atoms with Crippen LogP contribution in [-0.2, 0) is 26.4 Å². The van der Waals surface area contributed by atoms with Crippen molar-refractivity contribution in [1.29, 1.82) is 0 Å². The summed E-state index contributed by atoms with van der Waals surface area (Å²) in [6, 6.07) is 2.45. The average Bonchev–Trinajstić information content (AvgIpc) is 2.98. The highest BCUT2D eigenvalue weighted by molar-refractivity contribution is 5.24. The van der Waals surface area contributed by atoms with E-state index in [2.05, 4.69) is 46.3 Å². The van der Waals surface area contributed by atoms with Gasteiger partial charge in [0.2, 0.25) is 0 Å². The zero-order valence-corrected chi connectivity index (χ0v) is 13.1. The van der Waals surface area contributed by atoms with E-state index >= 15 is 0 Å². The van der Waals surface area contributed by atoms with Gasteiger partial charge in [-0.2, -0.15) is 10.2 Å². The number of rotatable bonds is 6. The van der Waals surface area contributed by atoms with Crippen LogP contribution in [0.25, 0.3) is 0 Å². The van der Waals surface area contributed by atoms with Gasteiger partial charge >= 0.3 is 0 Å². The molecule has 0 spiro atoms. The lowest BCUT2D eigenvalue weighted by Gasteiger charge is -2.16. The maximum Gasteiger partial charge on any atom is 0.0669 e. The third kappa shape index (κ3) is 2.93. The molecule has 0 aliphatic rings. The van der Waals surface area contributed by atoms with Crippen molar-refractivity contribution < 1.29 is 0 Å². The standard InChI is InChI=1S/C15H25N5/c1-6-14-13(10-19(5)18-14)15(16-4)9-12-8-11(3)17-20(12)7-2/h8,10,15-16H,6-7,9H2,1-5H3. The maximum absolute atomic E-state index is 4.54. The number of aryl methyl sites for hydroxylation is 4. The van der Waals surface area contributed by atoms with Gasteiger partial charge in [0.1, 0.15) is 0 Å². The van der Waals surface area contributed by atoms with E-state index in [4.69, 9.17) is 0 Å². The van der Waals surface area contributed by atoms with Crippen molar-refractivity contribution in [3.63, 3.8) is 0 Å². The number of nitrogens with zero attached hydrogens (tertiary/aromatic N) is 4. The quantitative estimate of drug-likeness (QED) is 0.877. The van der Waals surface area contributed by atoms with Crippen molar-refractivity contribution in [2.75, 3.05) is 7.05 Å². The Hall–Kier alpha value is -1.62. The molecular formula is C15H25N5. The van der Waals surface area contributed by atoms with Crippen molar-refractivity contribution in [3.8, 4) is 0 Å². The molecule has 2 aromatic rings. The molecule has 0 aromatic carbocycles. The number of aromatic nitrogens is 4. The molecule has 2 heterocycles. The Morgan fingerprint density at radius 3 is 2.65 bits per heavy atom. The average molecular weight is 275 g/mol. The fourth-order valence-electron chi connectivity index (χ4n) is 2.73. The molecule has 0 fully saturated rings. The zero-order valence-electron chi connectivity index (χ0n) is 13.1. The summed E-state index contributed by atoms with van der Waals surface area (Å²) < 4.78 is 3.99. The molecule has 1 atom stereocenters. The van der Waals surface area contributed by atoms with Gasteiger partial charge in [-0.25, -0.2) is 0 Å². The molecule has 0 bridgehead atoms. The summed E-state index contributed by atoms with van der Waals surface area (Å²) in [5.41, 5.74) is 4.82. The van der Waals surface area contributed by atoms with Crippen LogP contribution in [0.1, 0.15) is 42.5 Å². The molecule has 5 nitrogen and oxygen atoms in total. The lowest BCUT2D eigenvalue weighted by molar-refractivity contribution is 0.538. The lowest BCUT2D eigenvalue weighted by atomic mass is 10.0. The van der Waals surface area contributed by atoms with Crippen LogP contribution < -0.4 is 5.32 Å². The summed E-state index contributed by atoms with van der Waals surface area (Å²) >= 11 is 0. The SMILES string of the molecule is CCc1nn(C)cc1C(Cc1cc(C)nn1CC)NC. The molecule has 5 heteroatoms. The fourth-order valence-corrected chi connectivity index (χ4v) is 2.73. The van der Waals surface area contributed by atoms with Gasteiger partial charge in [0, 0.05) is 43.5 Å². The predicted octanol–water partition coefficient (Wildman–Crippen LogP) is 2.01. The second-order valence-electron chi connectivity index (χ2n) is 5.20. The predicted molar refractivity (Wildman–Crippen MR) is 80.7 cm³/mol. The normalized spacial score (nSPS) is 12.8. The van der Waals surface area contributed by atoms with Gasteiger partial charge in [0.25, 0.3) is 0 Å². The third-order valence-electron chi connectivity index (χ3n) is 3.69. The second kappa shape index (κ2) is 6.22. The first-order valence-electron chi connectivity index (χ1n) is 7.32. The lowest BCUT2D eigenvalue weighted by Crippen LogP contribution is -2.21. The van der Waals surface area contributed by atoms with Crippen LogP contribution in [0.2, 0.25) is 0 Å². The van der Waals surface area contributed by atoms with Crippen molar-refractivity contribution >= 4 is 0 Å². The topological polar surface area (TPSA) is 47.7 Å². The van der Waals surface area contributed by atoms with Crippen LogP contribution >= 0.6 is 0 Å². The molecule has 0 amide bonds. The number of likely N-dealkylation sites (N-methyl/N-ethyl adjacent to an activating group) is 1. The first kappa shape index (κ1) is 14.8. The first-order valence-corrected chi connectivity index (χ1v) is 7.32. The summed E-state index contributed by atoms with van der Waals surface area (Å²) in [6.07, 6.45) is 4.02.